The molecule has 1 heterocycles. The van der Waals surface area contributed by atoms with Gasteiger partial charge in [-0.3, -0.25) is 4.79 Å². The van der Waals surface area contributed by atoms with E-state index < -0.39 is 10.0 Å². The van der Waals surface area contributed by atoms with Crippen LogP contribution in [0, 0.1) is 0 Å². The molecule has 7 heteroatoms. The number of hydrogen-bond donors (Lipinski definition) is 3. The molecule has 0 radical (unpaired) electrons. The summed E-state index contributed by atoms with van der Waals surface area (Å²) in [7, 11) is -1.51. The van der Waals surface area contributed by atoms with E-state index in [0.717, 1.165) is 19.1 Å². The highest BCUT2D eigenvalue weighted by Gasteiger charge is 2.25. The number of hydrogen-bond acceptors (Lipinski definition) is 4. The molecule has 1 amide bonds. The van der Waals surface area contributed by atoms with Crippen LogP contribution in [0.4, 0.5) is 0 Å². The lowest BCUT2D eigenvalue weighted by Crippen LogP contribution is -2.40. The van der Waals surface area contributed by atoms with Gasteiger partial charge in [-0.1, -0.05) is 0 Å². The zero-order valence-electron chi connectivity index (χ0n) is 9.62. The normalized spacial score (nSPS) is 25.6. The molecule has 1 aliphatic heterocycles. The van der Waals surface area contributed by atoms with Crippen LogP contribution in [0.3, 0.4) is 0 Å². The largest absolute Gasteiger partial charge is 0.359 e. The summed E-state index contributed by atoms with van der Waals surface area (Å²) in [6.45, 7) is 0.392. The lowest BCUT2D eigenvalue weighted by molar-refractivity contribution is -0.121. The van der Waals surface area contributed by atoms with Crippen LogP contribution in [0.15, 0.2) is 0 Å². The number of carbonyl (C=O) groups excluding carboxylic acids is 1. The molecule has 0 saturated carbocycles. The van der Waals surface area contributed by atoms with E-state index in [0.29, 0.717) is 13.0 Å². The van der Waals surface area contributed by atoms with Crippen molar-refractivity contribution in [1.29, 1.82) is 0 Å². The Balaban J connectivity index is 2.27. The maximum absolute atomic E-state index is 11.1. The van der Waals surface area contributed by atoms with Gasteiger partial charge in [0.25, 0.3) is 0 Å². The summed E-state index contributed by atoms with van der Waals surface area (Å²) in [5, 5.41) is 5.81. The first-order valence-corrected chi connectivity index (χ1v) is 7.21. The Kier molecular flexibility index (Phi) is 4.69. The molecule has 0 aromatic heterocycles. The topological polar surface area (TPSA) is 87.3 Å². The van der Waals surface area contributed by atoms with Gasteiger partial charge in [0.1, 0.15) is 0 Å². The third-order valence-corrected chi connectivity index (χ3v) is 3.33. The molecule has 6 nitrogen and oxygen atoms in total. The third kappa shape index (κ3) is 4.91. The molecule has 0 spiro atoms. The van der Waals surface area contributed by atoms with Gasteiger partial charge in [0.05, 0.1) is 6.26 Å². The SMILES string of the molecule is CNC(=O)C[C@@H]1CC[C@H](CNS(C)(=O)=O)N1. The summed E-state index contributed by atoms with van der Waals surface area (Å²) >= 11 is 0. The van der Waals surface area contributed by atoms with Crippen molar-refractivity contribution in [2.45, 2.75) is 31.3 Å². The van der Waals surface area contributed by atoms with Crippen molar-refractivity contribution in [2.75, 3.05) is 19.8 Å². The highest BCUT2D eigenvalue weighted by Crippen LogP contribution is 2.14. The number of amides is 1. The molecule has 3 N–H and O–H groups in total. The molecule has 0 unspecified atom stereocenters. The number of sulfonamides is 1. The quantitative estimate of drug-likeness (QED) is 0.571. The predicted molar refractivity (Wildman–Crippen MR) is 61.5 cm³/mol. The molecule has 1 fully saturated rings. The van der Waals surface area contributed by atoms with Crippen LogP contribution in [-0.2, 0) is 14.8 Å². The van der Waals surface area contributed by atoms with Gasteiger partial charge < -0.3 is 10.6 Å². The van der Waals surface area contributed by atoms with E-state index >= 15 is 0 Å². The summed E-state index contributed by atoms with van der Waals surface area (Å²) in [5.41, 5.74) is 0. The predicted octanol–water partition coefficient (Wildman–Crippen LogP) is -1.21. The molecule has 0 aromatic carbocycles. The number of carbonyl (C=O) groups is 1. The second-order valence-electron chi connectivity index (χ2n) is 4.14. The number of rotatable bonds is 5. The molecule has 1 aliphatic rings. The average Bonchev–Trinajstić information content (AvgIpc) is 2.61. The molecular weight excluding hydrogens is 230 g/mol. The summed E-state index contributed by atoms with van der Waals surface area (Å²) in [4.78, 5) is 11.1. The Bertz CT molecular complexity index is 342. The van der Waals surface area contributed by atoms with Crippen molar-refractivity contribution in [1.82, 2.24) is 15.4 Å². The van der Waals surface area contributed by atoms with Crippen molar-refractivity contribution >= 4 is 15.9 Å². The molecule has 0 aromatic rings. The highest BCUT2D eigenvalue weighted by atomic mass is 32.2. The van der Waals surface area contributed by atoms with Crippen LogP contribution < -0.4 is 15.4 Å². The van der Waals surface area contributed by atoms with Gasteiger partial charge in [0, 0.05) is 32.1 Å². The summed E-state index contributed by atoms with van der Waals surface area (Å²) in [6.07, 6.45) is 3.39. The van der Waals surface area contributed by atoms with E-state index in [9.17, 15) is 13.2 Å². The van der Waals surface area contributed by atoms with Crippen LogP contribution in [0.1, 0.15) is 19.3 Å². The fraction of sp³-hybridized carbons (Fsp3) is 0.889. The van der Waals surface area contributed by atoms with Gasteiger partial charge in [-0.05, 0) is 12.8 Å². The smallest absolute Gasteiger partial charge is 0.221 e. The molecule has 0 bridgehead atoms. The molecule has 1 rings (SSSR count). The Morgan fingerprint density at radius 3 is 2.56 bits per heavy atom. The molecule has 16 heavy (non-hydrogen) atoms. The van der Waals surface area contributed by atoms with Gasteiger partial charge >= 0.3 is 0 Å². The van der Waals surface area contributed by atoms with Gasteiger partial charge in [0.15, 0.2) is 0 Å². The van der Waals surface area contributed by atoms with Crippen molar-refractivity contribution in [3.05, 3.63) is 0 Å². The van der Waals surface area contributed by atoms with Crippen LogP contribution in [0.2, 0.25) is 0 Å². The average molecular weight is 249 g/mol. The maximum atomic E-state index is 11.1. The first-order valence-electron chi connectivity index (χ1n) is 5.32. The zero-order valence-corrected chi connectivity index (χ0v) is 10.4. The maximum Gasteiger partial charge on any atom is 0.221 e. The monoisotopic (exact) mass is 249 g/mol. The van der Waals surface area contributed by atoms with E-state index in [4.69, 9.17) is 0 Å². The zero-order chi connectivity index (χ0) is 12.2. The van der Waals surface area contributed by atoms with E-state index in [-0.39, 0.29) is 18.0 Å². The summed E-state index contributed by atoms with van der Waals surface area (Å²) in [6, 6.07) is 0.288. The van der Waals surface area contributed by atoms with E-state index in [2.05, 4.69) is 15.4 Å². The van der Waals surface area contributed by atoms with Crippen molar-refractivity contribution in [3.63, 3.8) is 0 Å². The number of nitrogens with one attached hydrogen (secondary N) is 3. The van der Waals surface area contributed by atoms with Gasteiger partial charge in [-0.15, -0.1) is 0 Å². The third-order valence-electron chi connectivity index (χ3n) is 2.64. The van der Waals surface area contributed by atoms with Crippen molar-refractivity contribution in [2.24, 2.45) is 0 Å². The Labute approximate surface area is 96.2 Å². The Morgan fingerprint density at radius 1 is 1.38 bits per heavy atom. The van der Waals surface area contributed by atoms with Crippen molar-refractivity contribution < 1.29 is 13.2 Å². The first-order chi connectivity index (χ1) is 7.40. The Hall–Kier alpha value is -0.660. The molecule has 94 valence electrons. The summed E-state index contributed by atoms with van der Waals surface area (Å²) in [5.74, 6) is 0.00854. The van der Waals surface area contributed by atoms with E-state index in [1.54, 1.807) is 7.05 Å². The minimum absolute atomic E-state index is 0.00854. The first kappa shape index (κ1) is 13.4. The van der Waals surface area contributed by atoms with Crippen LogP contribution in [-0.4, -0.2) is 46.3 Å². The lowest BCUT2D eigenvalue weighted by Gasteiger charge is -2.13. The lowest BCUT2D eigenvalue weighted by atomic mass is 10.1. The van der Waals surface area contributed by atoms with E-state index in [1.807, 2.05) is 0 Å². The van der Waals surface area contributed by atoms with Crippen LogP contribution in [0.25, 0.3) is 0 Å². The Morgan fingerprint density at radius 2 is 2.00 bits per heavy atom. The molecule has 2 atom stereocenters. The second-order valence-corrected chi connectivity index (χ2v) is 5.97. The molecule has 0 aliphatic carbocycles. The van der Waals surface area contributed by atoms with E-state index in [1.165, 1.54) is 0 Å². The molecule has 1 saturated heterocycles. The summed E-state index contributed by atoms with van der Waals surface area (Å²) < 4.78 is 24.2. The standard InChI is InChI=1S/C9H19N3O3S/c1-10-9(13)5-7-3-4-8(12-7)6-11-16(2,14)15/h7-8,11-12H,3-6H2,1-2H3,(H,10,13)/t7-,8+/m0/s1. The van der Waals surface area contributed by atoms with Gasteiger partial charge in [-0.25, -0.2) is 13.1 Å². The highest BCUT2D eigenvalue weighted by molar-refractivity contribution is 7.88. The minimum Gasteiger partial charge on any atom is -0.359 e. The van der Waals surface area contributed by atoms with Crippen LogP contribution in [0.5, 0.6) is 0 Å². The fourth-order valence-electron chi connectivity index (χ4n) is 1.80. The van der Waals surface area contributed by atoms with Crippen molar-refractivity contribution in [3.8, 4) is 0 Å². The van der Waals surface area contributed by atoms with Gasteiger partial charge in [-0.2, -0.15) is 0 Å². The minimum atomic E-state index is -3.13. The van der Waals surface area contributed by atoms with Crippen LogP contribution >= 0.6 is 0 Å². The second kappa shape index (κ2) is 5.60. The molecular formula is C9H19N3O3S. The fourth-order valence-corrected chi connectivity index (χ4v) is 2.31. The van der Waals surface area contributed by atoms with Gasteiger partial charge in [0.2, 0.25) is 15.9 Å².